The number of esters is 2. The third kappa shape index (κ3) is 20.5. The lowest BCUT2D eigenvalue weighted by Crippen LogP contribution is -2.27. The highest BCUT2D eigenvalue weighted by atomic mass is 32.2. The van der Waals surface area contributed by atoms with Gasteiger partial charge in [0, 0.05) is 19.9 Å². The van der Waals surface area contributed by atoms with Gasteiger partial charge in [0.25, 0.3) is 0 Å². The topological polar surface area (TPSA) is 98.8 Å². The number of ether oxygens (including phenoxy) is 2. The highest BCUT2D eigenvalue weighted by Gasteiger charge is 2.16. The van der Waals surface area contributed by atoms with Gasteiger partial charge in [0.1, 0.15) is 6.10 Å². The normalized spacial score (nSPS) is 13.1. The average Bonchev–Trinajstić information content (AvgIpc) is 2.63. The average molecular weight is 464 g/mol. The molecule has 0 aliphatic heterocycles. The Bertz CT molecular complexity index is 598. The molecule has 0 aliphatic carbocycles. The predicted octanol–water partition coefficient (Wildman–Crippen LogP) is 4.74. The minimum atomic E-state index is -3.28. The van der Waals surface area contributed by atoms with E-state index in [9.17, 15) is 18.0 Å². The van der Waals surface area contributed by atoms with Crippen LogP contribution in [0.3, 0.4) is 0 Å². The summed E-state index contributed by atoms with van der Waals surface area (Å²) in [6.45, 7) is 10.6. The van der Waals surface area contributed by atoms with Crippen molar-refractivity contribution in [3.63, 3.8) is 0 Å². The summed E-state index contributed by atoms with van der Waals surface area (Å²) in [5.41, 5.74) is 0.251. The van der Waals surface area contributed by atoms with E-state index >= 15 is 0 Å². The molecule has 0 aliphatic rings. The fourth-order valence-electron chi connectivity index (χ4n) is 3.30. The van der Waals surface area contributed by atoms with E-state index in [1.807, 2.05) is 0 Å². The number of carbonyl (C=O) groups excluding carboxylic acids is 2. The fourth-order valence-corrected chi connectivity index (χ4v) is 4.49. The van der Waals surface area contributed by atoms with Crippen LogP contribution >= 0.6 is 0 Å². The van der Waals surface area contributed by atoms with Crippen LogP contribution in [0.25, 0.3) is 0 Å². The monoisotopic (exact) mass is 463 g/mol. The zero-order valence-corrected chi connectivity index (χ0v) is 21.2. The Balaban J connectivity index is 3.96. The Morgan fingerprint density at radius 1 is 0.935 bits per heavy atom. The smallest absolute Gasteiger partial charge is 0.305 e. The third-order valence-corrected chi connectivity index (χ3v) is 6.38. The van der Waals surface area contributed by atoms with Gasteiger partial charge in [-0.1, -0.05) is 33.6 Å². The van der Waals surface area contributed by atoms with Crippen LogP contribution in [0.4, 0.5) is 0 Å². The van der Waals surface area contributed by atoms with Crippen molar-refractivity contribution in [2.24, 2.45) is 5.41 Å². The molecule has 0 saturated heterocycles. The minimum Gasteiger partial charge on any atom is -0.466 e. The molecule has 1 unspecified atom stereocenters. The van der Waals surface area contributed by atoms with E-state index in [1.165, 1.54) is 6.92 Å². The number of hydrogen-bond acceptors (Lipinski definition) is 6. The van der Waals surface area contributed by atoms with Crippen molar-refractivity contribution in [3.8, 4) is 0 Å². The van der Waals surface area contributed by atoms with Gasteiger partial charge >= 0.3 is 11.9 Å². The molecule has 1 N–H and O–H groups in total. The van der Waals surface area contributed by atoms with Crippen LogP contribution in [-0.4, -0.2) is 45.4 Å². The number of hydrogen-bond donors (Lipinski definition) is 1. The first-order chi connectivity index (χ1) is 14.4. The van der Waals surface area contributed by atoms with E-state index < -0.39 is 10.0 Å². The number of carbonyl (C=O) groups is 2. The third-order valence-electron chi connectivity index (χ3n) is 4.91. The highest BCUT2D eigenvalue weighted by molar-refractivity contribution is 7.89. The Morgan fingerprint density at radius 2 is 1.58 bits per heavy atom. The molecule has 0 amide bonds. The standard InChI is InChI=1S/C23H45NO6S/c1-6-29-22(26)16-9-7-8-11-18-24-31(27,28)19-12-10-14-21(30-20(2)25)15-13-17-23(3,4)5/h21,24H,6-19H2,1-5H3. The molecule has 1 atom stereocenters. The lowest BCUT2D eigenvalue weighted by atomic mass is 9.89. The molecule has 0 radical (unpaired) electrons. The molecule has 0 aromatic carbocycles. The largest absolute Gasteiger partial charge is 0.466 e. The van der Waals surface area contributed by atoms with Crippen molar-refractivity contribution >= 4 is 22.0 Å². The summed E-state index contributed by atoms with van der Waals surface area (Å²) in [6, 6.07) is 0. The van der Waals surface area contributed by atoms with Gasteiger partial charge in [0.05, 0.1) is 12.4 Å². The van der Waals surface area contributed by atoms with Crippen LogP contribution in [-0.2, 0) is 29.1 Å². The zero-order valence-electron chi connectivity index (χ0n) is 20.3. The van der Waals surface area contributed by atoms with Crippen LogP contribution in [0.15, 0.2) is 0 Å². The molecule has 184 valence electrons. The lowest BCUT2D eigenvalue weighted by Gasteiger charge is -2.21. The van der Waals surface area contributed by atoms with Crippen molar-refractivity contribution in [1.82, 2.24) is 4.72 Å². The summed E-state index contributed by atoms with van der Waals surface area (Å²) in [5.74, 6) is -0.365. The highest BCUT2D eigenvalue weighted by Crippen LogP contribution is 2.23. The molecule has 0 fully saturated rings. The molecule has 7 nitrogen and oxygen atoms in total. The maximum Gasteiger partial charge on any atom is 0.305 e. The second kappa shape index (κ2) is 16.5. The summed E-state index contributed by atoms with van der Waals surface area (Å²) in [6.07, 6.45) is 8.39. The molecule has 0 heterocycles. The van der Waals surface area contributed by atoms with Crippen molar-refractivity contribution < 1.29 is 27.5 Å². The fraction of sp³-hybridized carbons (Fsp3) is 0.913. The van der Waals surface area contributed by atoms with Gasteiger partial charge in [-0.3, -0.25) is 9.59 Å². The SMILES string of the molecule is CCOC(=O)CCCCCCNS(=O)(=O)CCCCC(CCCC(C)(C)C)OC(C)=O. The molecule has 0 bridgehead atoms. The molecule has 0 aromatic heterocycles. The van der Waals surface area contributed by atoms with Crippen LogP contribution in [0.1, 0.15) is 105 Å². The summed E-state index contributed by atoms with van der Waals surface area (Å²) in [7, 11) is -3.28. The van der Waals surface area contributed by atoms with Gasteiger partial charge in [0.2, 0.25) is 10.0 Å². The first kappa shape index (κ1) is 29.9. The number of nitrogens with one attached hydrogen (secondary N) is 1. The molecule has 31 heavy (non-hydrogen) atoms. The van der Waals surface area contributed by atoms with E-state index in [0.717, 1.165) is 44.9 Å². The van der Waals surface area contributed by atoms with Crippen LogP contribution in [0, 0.1) is 5.41 Å². The second-order valence-corrected chi connectivity index (χ2v) is 11.3. The Morgan fingerprint density at radius 3 is 2.19 bits per heavy atom. The van der Waals surface area contributed by atoms with E-state index in [1.54, 1.807) is 6.92 Å². The van der Waals surface area contributed by atoms with Gasteiger partial charge in [-0.25, -0.2) is 13.1 Å². The number of sulfonamides is 1. The summed E-state index contributed by atoms with van der Waals surface area (Å²) >= 11 is 0. The first-order valence-electron chi connectivity index (χ1n) is 11.8. The Labute approximate surface area is 190 Å². The number of unbranched alkanes of at least 4 members (excludes halogenated alkanes) is 4. The van der Waals surface area contributed by atoms with Gasteiger partial charge < -0.3 is 9.47 Å². The van der Waals surface area contributed by atoms with E-state index in [2.05, 4.69) is 25.5 Å². The molecule has 0 aromatic rings. The Hall–Kier alpha value is -1.15. The maximum atomic E-state index is 12.1. The minimum absolute atomic E-state index is 0.0879. The van der Waals surface area contributed by atoms with Crippen molar-refractivity contribution in [3.05, 3.63) is 0 Å². The maximum absolute atomic E-state index is 12.1. The van der Waals surface area contributed by atoms with Crippen molar-refractivity contribution in [1.29, 1.82) is 0 Å². The van der Waals surface area contributed by atoms with Crippen LogP contribution < -0.4 is 4.72 Å². The van der Waals surface area contributed by atoms with Gasteiger partial charge in [0.15, 0.2) is 0 Å². The summed E-state index contributed by atoms with van der Waals surface area (Å²) < 4.78 is 37.2. The van der Waals surface area contributed by atoms with Crippen molar-refractivity contribution in [2.45, 2.75) is 111 Å². The van der Waals surface area contributed by atoms with E-state index in [0.29, 0.717) is 38.8 Å². The molecule has 8 heteroatoms. The zero-order chi connectivity index (χ0) is 23.8. The van der Waals surface area contributed by atoms with E-state index in [-0.39, 0.29) is 29.2 Å². The van der Waals surface area contributed by atoms with Crippen LogP contribution in [0.5, 0.6) is 0 Å². The van der Waals surface area contributed by atoms with Gasteiger partial charge in [-0.2, -0.15) is 0 Å². The molecule has 0 rings (SSSR count). The molecule has 0 spiro atoms. The molecule has 0 saturated carbocycles. The van der Waals surface area contributed by atoms with Crippen LogP contribution in [0.2, 0.25) is 0 Å². The molecular formula is C23H45NO6S. The summed E-state index contributed by atoms with van der Waals surface area (Å²) in [5, 5.41) is 0. The first-order valence-corrected chi connectivity index (χ1v) is 13.4. The number of rotatable bonds is 18. The predicted molar refractivity (Wildman–Crippen MR) is 124 cm³/mol. The Kier molecular flexibility index (Phi) is 15.9. The quantitative estimate of drug-likeness (QED) is 0.233. The second-order valence-electron chi connectivity index (χ2n) is 9.36. The van der Waals surface area contributed by atoms with E-state index in [4.69, 9.17) is 9.47 Å². The van der Waals surface area contributed by atoms with Gasteiger partial charge in [-0.15, -0.1) is 0 Å². The van der Waals surface area contributed by atoms with Gasteiger partial charge in [-0.05, 0) is 63.7 Å². The van der Waals surface area contributed by atoms with Crippen molar-refractivity contribution in [2.75, 3.05) is 18.9 Å². The summed E-state index contributed by atoms with van der Waals surface area (Å²) in [4.78, 5) is 22.6. The molecular weight excluding hydrogens is 418 g/mol. The lowest BCUT2D eigenvalue weighted by molar-refractivity contribution is -0.147.